The summed E-state index contributed by atoms with van der Waals surface area (Å²) in [5.74, 6) is 0.453. The molecule has 1 aromatic heterocycles. The van der Waals surface area contributed by atoms with Gasteiger partial charge >= 0.3 is 0 Å². The van der Waals surface area contributed by atoms with Crippen LogP contribution in [0.2, 0.25) is 0 Å². The monoisotopic (exact) mass is 393 g/mol. The van der Waals surface area contributed by atoms with E-state index in [1.807, 2.05) is 35.7 Å². The van der Waals surface area contributed by atoms with E-state index < -0.39 is 0 Å². The Morgan fingerprint density at radius 1 is 1.21 bits per heavy atom. The molecule has 1 aliphatic rings. The van der Waals surface area contributed by atoms with E-state index in [1.165, 1.54) is 11.3 Å². The predicted molar refractivity (Wildman–Crippen MR) is 110 cm³/mol. The molecule has 28 heavy (non-hydrogen) atoms. The van der Waals surface area contributed by atoms with Gasteiger partial charge in [0.25, 0.3) is 5.91 Å². The fourth-order valence-corrected chi connectivity index (χ4v) is 3.91. The second-order valence-electron chi connectivity index (χ2n) is 6.45. The minimum absolute atomic E-state index is 0.0582. The molecular formula is C21H19N3O3S. The Hall–Kier alpha value is -3.19. The van der Waals surface area contributed by atoms with Crippen molar-refractivity contribution in [1.82, 2.24) is 4.98 Å². The number of anilines is 2. The van der Waals surface area contributed by atoms with E-state index in [9.17, 15) is 9.59 Å². The largest absolute Gasteiger partial charge is 0.484 e. The van der Waals surface area contributed by atoms with Gasteiger partial charge in [0, 0.05) is 30.1 Å². The third-order valence-electron chi connectivity index (χ3n) is 4.51. The van der Waals surface area contributed by atoms with Gasteiger partial charge in [-0.25, -0.2) is 4.98 Å². The van der Waals surface area contributed by atoms with E-state index in [0.29, 0.717) is 17.4 Å². The van der Waals surface area contributed by atoms with Crippen molar-refractivity contribution in [3.05, 3.63) is 59.5 Å². The van der Waals surface area contributed by atoms with Gasteiger partial charge in [0.05, 0.1) is 5.69 Å². The molecule has 6 nitrogen and oxygen atoms in total. The first-order valence-electron chi connectivity index (χ1n) is 8.95. The Kier molecular flexibility index (Phi) is 5.08. The zero-order valence-corrected chi connectivity index (χ0v) is 16.2. The van der Waals surface area contributed by atoms with E-state index in [2.05, 4.69) is 16.4 Å². The number of ether oxygens (including phenoxy) is 1. The standard InChI is InChI=1S/C21H19N3O3S/c1-14(25)24-10-9-16-11-15(7-8-19(16)24)18-13-28-21(22-18)23-20(26)12-27-17-5-3-2-4-6-17/h2-8,11,13H,9-10,12H2,1H3,(H,22,23,26). The molecule has 4 rings (SSSR count). The highest BCUT2D eigenvalue weighted by atomic mass is 32.1. The topological polar surface area (TPSA) is 71.5 Å². The van der Waals surface area contributed by atoms with Gasteiger partial charge in [-0.15, -0.1) is 11.3 Å². The molecule has 0 saturated carbocycles. The lowest BCUT2D eigenvalue weighted by Crippen LogP contribution is -2.25. The molecule has 0 aliphatic carbocycles. The molecule has 2 heterocycles. The number of fused-ring (bicyclic) bond motifs is 1. The Labute approximate surface area is 166 Å². The summed E-state index contributed by atoms with van der Waals surface area (Å²) in [7, 11) is 0. The Balaban J connectivity index is 1.41. The van der Waals surface area contributed by atoms with Crippen LogP contribution >= 0.6 is 11.3 Å². The summed E-state index contributed by atoms with van der Waals surface area (Å²) in [5.41, 5.74) is 3.88. The minimum atomic E-state index is -0.254. The molecule has 7 heteroatoms. The molecule has 0 saturated heterocycles. The molecular weight excluding hydrogens is 374 g/mol. The third kappa shape index (κ3) is 3.89. The van der Waals surface area contributed by atoms with Crippen LogP contribution < -0.4 is 15.0 Å². The first-order valence-corrected chi connectivity index (χ1v) is 9.83. The summed E-state index contributed by atoms with van der Waals surface area (Å²) in [6, 6.07) is 15.2. The van der Waals surface area contributed by atoms with Crippen LogP contribution in [0.5, 0.6) is 5.75 Å². The maximum Gasteiger partial charge on any atom is 0.264 e. The lowest BCUT2D eigenvalue weighted by molar-refractivity contribution is -0.118. The number of thiazole rings is 1. The van der Waals surface area contributed by atoms with Crippen molar-refractivity contribution in [2.75, 3.05) is 23.4 Å². The lowest BCUT2D eigenvalue weighted by atomic mass is 10.1. The molecule has 0 bridgehead atoms. The van der Waals surface area contributed by atoms with Crippen molar-refractivity contribution in [1.29, 1.82) is 0 Å². The van der Waals surface area contributed by atoms with Gasteiger partial charge < -0.3 is 9.64 Å². The highest BCUT2D eigenvalue weighted by Crippen LogP contribution is 2.33. The van der Waals surface area contributed by atoms with Crippen molar-refractivity contribution in [2.24, 2.45) is 0 Å². The molecule has 0 spiro atoms. The normalized spacial score (nSPS) is 12.5. The predicted octanol–water partition coefficient (Wildman–Crippen LogP) is 3.74. The van der Waals surface area contributed by atoms with Crippen molar-refractivity contribution >= 4 is 34.0 Å². The molecule has 0 fully saturated rings. The first-order chi connectivity index (χ1) is 13.6. The van der Waals surface area contributed by atoms with Gasteiger partial charge in [0.15, 0.2) is 11.7 Å². The van der Waals surface area contributed by atoms with E-state index in [-0.39, 0.29) is 18.4 Å². The van der Waals surface area contributed by atoms with E-state index in [0.717, 1.165) is 28.9 Å². The number of amides is 2. The number of rotatable bonds is 5. The summed E-state index contributed by atoms with van der Waals surface area (Å²) in [4.78, 5) is 30.1. The number of aromatic nitrogens is 1. The molecule has 2 amide bonds. The molecule has 2 aromatic carbocycles. The van der Waals surface area contributed by atoms with Crippen molar-refractivity contribution in [2.45, 2.75) is 13.3 Å². The van der Waals surface area contributed by atoms with Crippen LogP contribution in [0.4, 0.5) is 10.8 Å². The van der Waals surface area contributed by atoms with Crippen LogP contribution in [-0.4, -0.2) is 29.9 Å². The Morgan fingerprint density at radius 3 is 2.82 bits per heavy atom. The third-order valence-corrected chi connectivity index (χ3v) is 5.27. The number of benzene rings is 2. The SMILES string of the molecule is CC(=O)N1CCc2cc(-c3csc(NC(=O)COc4ccccc4)n3)ccc21. The number of hydrogen-bond acceptors (Lipinski definition) is 5. The second kappa shape index (κ2) is 7.82. The fraction of sp³-hybridized carbons (Fsp3) is 0.190. The van der Waals surface area contributed by atoms with Gasteiger partial charge in [-0.1, -0.05) is 24.3 Å². The smallest absolute Gasteiger partial charge is 0.264 e. The number of carbonyl (C=O) groups is 2. The van der Waals surface area contributed by atoms with Gasteiger partial charge in [-0.3, -0.25) is 14.9 Å². The van der Waals surface area contributed by atoms with E-state index in [1.54, 1.807) is 24.0 Å². The molecule has 0 unspecified atom stereocenters. The van der Waals surface area contributed by atoms with E-state index in [4.69, 9.17) is 4.74 Å². The van der Waals surface area contributed by atoms with E-state index >= 15 is 0 Å². The van der Waals surface area contributed by atoms with Crippen LogP contribution in [0.1, 0.15) is 12.5 Å². The van der Waals surface area contributed by atoms with Crippen molar-refractivity contribution < 1.29 is 14.3 Å². The van der Waals surface area contributed by atoms with Gasteiger partial charge in [-0.05, 0) is 36.2 Å². The minimum Gasteiger partial charge on any atom is -0.484 e. The van der Waals surface area contributed by atoms with Gasteiger partial charge in [0.1, 0.15) is 5.75 Å². The number of nitrogens with one attached hydrogen (secondary N) is 1. The summed E-state index contributed by atoms with van der Waals surface area (Å²) in [6.45, 7) is 2.23. The molecule has 1 N–H and O–H groups in total. The highest BCUT2D eigenvalue weighted by molar-refractivity contribution is 7.14. The Bertz CT molecular complexity index is 1020. The molecule has 142 valence electrons. The zero-order chi connectivity index (χ0) is 19.5. The number of hydrogen-bond donors (Lipinski definition) is 1. The molecule has 0 atom stereocenters. The average Bonchev–Trinajstić information content (AvgIpc) is 3.33. The molecule has 0 radical (unpaired) electrons. The van der Waals surface area contributed by atoms with Crippen molar-refractivity contribution in [3.63, 3.8) is 0 Å². The summed E-state index contributed by atoms with van der Waals surface area (Å²) < 4.78 is 5.44. The summed E-state index contributed by atoms with van der Waals surface area (Å²) in [5, 5.41) is 5.21. The van der Waals surface area contributed by atoms with Gasteiger partial charge in [0.2, 0.25) is 5.91 Å². The fourth-order valence-electron chi connectivity index (χ4n) is 3.17. The number of carbonyl (C=O) groups excluding carboxylic acids is 2. The quantitative estimate of drug-likeness (QED) is 0.717. The average molecular weight is 393 g/mol. The van der Waals surface area contributed by atoms with Crippen LogP contribution in [0, 0.1) is 0 Å². The van der Waals surface area contributed by atoms with Gasteiger partial charge in [-0.2, -0.15) is 0 Å². The maximum absolute atomic E-state index is 12.1. The molecule has 3 aromatic rings. The van der Waals surface area contributed by atoms with Crippen molar-refractivity contribution in [3.8, 4) is 17.0 Å². The highest BCUT2D eigenvalue weighted by Gasteiger charge is 2.22. The number of para-hydroxylation sites is 1. The number of nitrogens with zero attached hydrogens (tertiary/aromatic N) is 2. The second-order valence-corrected chi connectivity index (χ2v) is 7.31. The maximum atomic E-state index is 12.1. The Morgan fingerprint density at radius 2 is 2.04 bits per heavy atom. The summed E-state index contributed by atoms with van der Waals surface area (Å²) in [6.07, 6.45) is 0.841. The summed E-state index contributed by atoms with van der Waals surface area (Å²) >= 11 is 1.37. The lowest BCUT2D eigenvalue weighted by Gasteiger charge is -2.14. The molecule has 1 aliphatic heterocycles. The van der Waals surface area contributed by atoms with Crippen LogP contribution in [0.15, 0.2) is 53.9 Å². The van der Waals surface area contributed by atoms with Crippen LogP contribution in [0.25, 0.3) is 11.3 Å². The van der Waals surface area contributed by atoms with Crippen LogP contribution in [-0.2, 0) is 16.0 Å². The first kappa shape index (κ1) is 18.2. The van der Waals surface area contributed by atoms with Crippen LogP contribution in [0.3, 0.4) is 0 Å². The zero-order valence-electron chi connectivity index (χ0n) is 15.3.